The molecule has 1 aliphatic heterocycles. The molecule has 2 aliphatic rings. The predicted molar refractivity (Wildman–Crippen MR) is 136 cm³/mol. The largest absolute Gasteiger partial charge is 0.377 e. The molecule has 1 atom stereocenters. The number of aromatic nitrogens is 3. The van der Waals surface area contributed by atoms with Gasteiger partial charge in [-0.1, -0.05) is 0 Å². The molecule has 3 aromatic rings. The van der Waals surface area contributed by atoms with Gasteiger partial charge < -0.3 is 15.0 Å². The number of hydrogen-bond acceptors (Lipinski definition) is 9. The van der Waals surface area contributed by atoms with Gasteiger partial charge in [0.05, 0.1) is 24.9 Å². The average Bonchev–Trinajstić information content (AvgIpc) is 3.51. The lowest BCUT2D eigenvalue weighted by molar-refractivity contribution is 0.0985. The molecule has 2 amide bonds. The quantitative estimate of drug-likeness (QED) is 0.512. The van der Waals surface area contributed by atoms with E-state index in [1.54, 1.807) is 23.7 Å². The van der Waals surface area contributed by atoms with Crippen LogP contribution in [0.5, 0.6) is 0 Å². The first-order chi connectivity index (χ1) is 16.7. The lowest BCUT2D eigenvalue weighted by atomic mass is 10.1. The number of carbonyl (C=O) groups excluding carboxylic acids is 1. The number of anilines is 3. The number of amides is 2. The van der Waals surface area contributed by atoms with Crippen molar-refractivity contribution < 1.29 is 17.9 Å². The van der Waals surface area contributed by atoms with Crippen molar-refractivity contribution in [3.8, 4) is 11.4 Å². The fraction of sp³-hybridized carbons (Fsp3) is 0.391. The van der Waals surface area contributed by atoms with E-state index >= 15 is 0 Å². The second kappa shape index (κ2) is 9.17. The van der Waals surface area contributed by atoms with Gasteiger partial charge in [-0.05, 0) is 44.0 Å². The zero-order valence-electron chi connectivity index (χ0n) is 19.4. The molecule has 2 N–H and O–H groups in total. The van der Waals surface area contributed by atoms with Crippen LogP contribution in [-0.4, -0.2) is 61.5 Å². The lowest BCUT2D eigenvalue weighted by Crippen LogP contribution is -2.44. The van der Waals surface area contributed by atoms with Crippen molar-refractivity contribution in [2.75, 3.05) is 41.5 Å². The molecule has 1 aliphatic carbocycles. The monoisotopic (exact) mass is 514 g/mol. The second-order valence-corrected chi connectivity index (χ2v) is 12.0. The molecule has 0 bridgehead atoms. The van der Waals surface area contributed by atoms with E-state index in [4.69, 9.17) is 14.7 Å². The Bertz CT molecular complexity index is 1320. The van der Waals surface area contributed by atoms with Gasteiger partial charge in [-0.25, -0.2) is 28.2 Å². The van der Waals surface area contributed by atoms with Crippen LogP contribution in [0.4, 0.5) is 21.4 Å². The van der Waals surface area contributed by atoms with E-state index in [0.717, 1.165) is 5.56 Å². The Kier molecular flexibility index (Phi) is 6.20. The Hall–Kier alpha value is -3.09. The summed E-state index contributed by atoms with van der Waals surface area (Å²) >= 11 is 1.33. The van der Waals surface area contributed by atoms with Gasteiger partial charge in [0, 0.05) is 41.7 Å². The molecule has 0 spiro atoms. The zero-order chi connectivity index (χ0) is 24.6. The molecule has 1 saturated carbocycles. The number of morpholine rings is 1. The molecule has 3 heterocycles. The van der Waals surface area contributed by atoms with Crippen molar-refractivity contribution in [2.45, 2.75) is 30.6 Å². The summed E-state index contributed by atoms with van der Waals surface area (Å²) in [5, 5.41) is 7.72. The Morgan fingerprint density at radius 3 is 2.60 bits per heavy atom. The van der Waals surface area contributed by atoms with Gasteiger partial charge in [0.25, 0.3) is 0 Å². The van der Waals surface area contributed by atoms with Crippen LogP contribution < -0.4 is 15.5 Å². The third kappa shape index (κ3) is 4.86. The van der Waals surface area contributed by atoms with E-state index in [2.05, 4.69) is 27.4 Å². The van der Waals surface area contributed by atoms with E-state index in [0.29, 0.717) is 60.8 Å². The first-order valence-corrected chi connectivity index (χ1v) is 14.0. The summed E-state index contributed by atoms with van der Waals surface area (Å²) in [7, 11) is -3.34. The van der Waals surface area contributed by atoms with E-state index in [1.165, 1.54) is 17.6 Å². The number of ether oxygens (including phenoxy) is 1. The number of urea groups is 1. The first-order valence-electron chi connectivity index (χ1n) is 11.3. The fourth-order valence-corrected chi connectivity index (χ4v) is 6.04. The first kappa shape index (κ1) is 23.6. The molecule has 10 nitrogen and oxygen atoms in total. The zero-order valence-corrected chi connectivity index (χ0v) is 21.0. The van der Waals surface area contributed by atoms with Crippen molar-refractivity contribution in [2.24, 2.45) is 0 Å². The highest BCUT2D eigenvalue weighted by Gasteiger charge is 2.55. The van der Waals surface area contributed by atoms with Gasteiger partial charge in [-0.3, -0.25) is 5.32 Å². The summed E-state index contributed by atoms with van der Waals surface area (Å²) in [5.74, 6) is 1.14. The van der Waals surface area contributed by atoms with Crippen LogP contribution >= 0.6 is 11.3 Å². The lowest BCUT2D eigenvalue weighted by Gasteiger charge is -2.34. The van der Waals surface area contributed by atoms with Crippen molar-refractivity contribution in [1.82, 2.24) is 15.0 Å². The Balaban J connectivity index is 1.45. The molecule has 184 valence electrons. The van der Waals surface area contributed by atoms with Crippen molar-refractivity contribution in [3.63, 3.8) is 0 Å². The van der Waals surface area contributed by atoms with Crippen LogP contribution in [0.1, 0.15) is 25.5 Å². The second-order valence-electron chi connectivity index (χ2n) is 8.81. The van der Waals surface area contributed by atoms with Crippen LogP contribution in [0.2, 0.25) is 0 Å². The number of sulfone groups is 1. The molecule has 2 fully saturated rings. The van der Waals surface area contributed by atoms with Gasteiger partial charge in [-0.2, -0.15) is 0 Å². The summed E-state index contributed by atoms with van der Waals surface area (Å²) in [6.07, 6.45) is 4.00. The Morgan fingerprint density at radius 1 is 1.20 bits per heavy atom. The molecule has 35 heavy (non-hydrogen) atoms. The fourth-order valence-electron chi connectivity index (χ4n) is 4.19. The standard InChI is InChI=1S/C23H26N6O4S2/c1-15-14-33-11-10-29(15)19-13-18(23(7-8-23)35(2,31)32)26-20(27-19)16-3-5-17(6-4-16)25-21(30)28-22-24-9-12-34-22/h3-6,9,12-13,15H,7-8,10-11,14H2,1-2H3,(H2,24,25,28,30)/t15-/m0/s1. The number of benzene rings is 1. The highest BCUT2D eigenvalue weighted by Crippen LogP contribution is 2.52. The Labute approximate surface area is 207 Å². The molecule has 5 rings (SSSR count). The van der Waals surface area contributed by atoms with E-state index < -0.39 is 20.6 Å². The maximum atomic E-state index is 12.6. The molecule has 12 heteroatoms. The van der Waals surface area contributed by atoms with Crippen LogP contribution in [0, 0.1) is 0 Å². The highest BCUT2D eigenvalue weighted by atomic mass is 32.2. The van der Waals surface area contributed by atoms with Crippen LogP contribution in [-0.2, 0) is 19.3 Å². The third-order valence-corrected chi connectivity index (χ3v) is 9.03. The van der Waals surface area contributed by atoms with Gasteiger partial charge in [0.1, 0.15) is 10.6 Å². The van der Waals surface area contributed by atoms with Crippen LogP contribution in [0.15, 0.2) is 41.9 Å². The van der Waals surface area contributed by atoms with Gasteiger partial charge in [-0.15, -0.1) is 11.3 Å². The van der Waals surface area contributed by atoms with E-state index in [1.807, 2.05) is 18.2 Å². The SMILES string of the molecule is C[C@H]1COCCN1c1cc(C2(S(C)(=O)=O)CC2)nc(-c2ccc(NC(=O)Nc3nccs3)cc2)n1. The van der Waals surface area contributed by atoms with Gasteiger partial charge in [0.2, 0.25) is 0 Å². The normalized spacial score (nSPS) is 19.3. The topological polar surface area (TPSA) is 126 Å². The molecule has 2 aromatic heterocycles. The van der Waals surface area contributed by atoms with Gasteiger partial charge >= 0.3 is 6.03 Å². The minimum absolute atomic E-state index is 0.107. The maximum Gasteiger partial charge on any atom is 0.325 e. The molecule has 1 saturated heterocycles. The van der Waals surface area contributed by atoms with Crippen molar-refractivity contribution in [3.05, 3.63) is 47.6 Å². The van der Waals surface area contributed by atoms with Crippen molar-refractivity contribution >= 4 is 43.8 Å². The maximum absolute atomic E-state index is 12.6. The number of thiazole rings is 1. The van der Waals surface area contributed by atoms with Crippen LogP contribution in [0.25, 0.3) is 11.4 Å². The van der Waals surface area contributed by atoms with E-state index in [9.17, 15) is 13.2 Å². The number of rotatable bonds is 6. The molecule has 0 unspecified atom stereocenters. The summed E-state index contributed by atoms with van der Waals surface area (Å²) < 4.78 is 29.9. The average molecular weight is 515 g/mol. The minimum atomic E-state index is -3.34. The Morgan fingerprint density at radius 2 is 1.97 bits per heavy atom. The number of nitrogens with one attached hydrogen (secondary N) is 2. The number of carbonyl (C=O) groups is 1. The molecular formula is C23H26N6O4S2. The van der Waals surface area contributed by atoms with Crippen LogP contribution in [0.3, 0.4) is 0 Å². The summed E-state index contributed by atoms with van der Waals surface area (Å²) in [5.41, 5.74) is 1.85. The van der Waals surface area contributed by atoms with E-state index in [-0.39, 0.29) is 6.04 Å². The summed E-state index contributed by atoms with van der Waals surface area (Å²) in [6.45, 7) is 3.89. The predicted octanol–water partition coefficient (Wildman–Crippen LogP) is 3.50. The number of hydrogen-bond donors (Lipinski definition) is 2. The molecular weight excluding hydrogens is 488 g/mol. The summed E-state index contributed by atoms with van der Waals surface area (Å²) in [6, 6.07) is 8.67. The van der Waals surface area contributed by atoms with Crippen molar-refractivity contribution in [1.29, 1.82) is 0 Å². The highest BCUT2D eigenvalue weighted by molar-refractivity contribution is 7.91. The smallest absolute Gasteiger partial charge is 0.325 e. The summed E-state index contributed by atoms with van der Waals surface area (Å²) in [4.78, 5) is 27.9. The third-order valence-electron chi connectivity index (χ3n) is 6.31. The number of nitrogens with zero attached hydrogens (tertiary/aromatic N) is 4. The minimum Gasteiger partial charge on any atom is -0.377 e. The van der Waals surface area contributed by atoms with Gasteiger partial charge in [0.15, 0.2) is 20.8 Å². The molecule has 0 radical (unpaired) electrons. The molecule has 1 aromatic carbocycles.